The second kappa shape index (κ2) is 9.50. The molecule has 0 unspecified atom stereocenters. The molecule has 6 nitrogen and oxygen atoms in total. The van der Waals surface area contributed by atoms with Crippen LogP contribution in [0.15, 0.2) is 41.0 Å². The van der Waals surface area contributed by atoms with Crippen molar-refractivity contribution in [2.45, 2.75) is 37.5 Å². The maximum absolute atomic E-state index is 12.3. The van der Waals surface area contributed by atoms with Gasteiger partial charge in [0.1, 0.15) is 11.0 Å². The number of hydrogen-bond donors (Lipinski definition) is 3. The molecule has 1 aliphatic rings. The summed E-state index contributed by atoms with van der Waals surface area (Å²) in [5.74, 6) is 0.0262. The molecule has 2 rings (SSSR count). The van der Waals surface area contributed by atoms with Crippen molar-refractivity contribution in [2.75, 3.05) is 26.1 Å². The molecule has 1 aromatic carbocycles. The lowest BCUT2D eigenvalue weighted by molar-refractivity contribution is 0.182. The van der Waals surface area contributed by atoms with Gasteiger partial charge in [-0.1, -0.05) is 30.7 Å². The molecule has 3 N–H and O–H groups in total. The normalized spacial score (nSPS) is 20.9. The highest BCUT2D eigenvalue weighted by Gasteiger charge is 2.40. The molecule has 0 saturated heterocycles. The SMILES string of the molecule is CC/C(=C\c1ccc(O)cc1)CC[C@@H](O)C1=C(COC)CS(=O)(=O)[C@H]1CO. The van der Waals surface area contributed by atoms with Crippen LogP contribution < -0.4 is 0 Å². The lowest BCUT2D eigenvalue weighted by atomic mass is 9.94. The van der Waals surface area contributed by atoms with Crippen LogP contribution >= 0.6 is 0 Å². The summed E-state index contributed by atoms with van der Waals surface area (Å²) in [6, 6.07) is 6.86. The third-order valence-corrected chi connectivity index (χ3v) is 6.89. The standard InChI is InChI=1S/C20H28O6S/c1-3-14(10-15-4-7-17(22)8-5-15)6-9-18(23)20-16(12-26-2)13-27(24,25)19(20)11-21/h4-5,7-8,10,18-19,21-23H,3,6,9,11-13H2,1-2H3/b14-10+/t18-,19+/m1/s1. The number of phenols is 1. The van der Waals surface area contributed by atoms with Gasteiger partial charge >= 0.3 is 0 Å². The maximum atomic E-state index is 12.3. The van der Waals surface area contributed by atoms with Gasteiger partial charge < -0.3 is 20.1 Å². The number of phenolic OH excluding ortho intramolecular Hbond substituents is 1. The highest BCUT2D eigenvalue weighted by atomic mass is 32.2. The fourth-order valence-corrected chi connectivity index (χ4v) is 5.32. The van der Waals surface area contributed by atoms with E-state index in [0.29, 0.717) is 24.0 Å². The lowest BCUT2D eigenvalue weighted by Gasteiger charge is -2.19. The number of aliphatic hydroxyl groups excluding tert-OH is 2. The molecular weight excluding hydrogens is 368 g/mol. The largest absolute Gasteiger partial charge is 0.508 e. The molecule has 2 atom stereocenters. The van der Waals surface area contributed by atoms with E-state index in [1.807, 2.05) is 25.1 Å². The van der Waals surface area contributed by atoms with Crippen LogP contribution in [0.3, 0.4) is 0 Å². The van der Waals surface area contributed by atoms with E-state index in [0.717, 1.165) is 17.6 Å². The van der Waals surface area contributed by atoms with Crippen LogP contribution in [0.5, 0.6) is 5.75 Å². The van der Waals surface area contributed by atoms with Crippen molar-refractivity contribution in [3.05, 3.63) is 46.5 Å². The van der Waals surface area contributed by atoms with Gasteiger partial charge in [0.05, 0.1) is 25.1 Å². The molecule has 0 aliphatic carbocycles. The van der Waals surface area contributed by atoms with Gasteiger partial charge in [-0.3, -0.25) is 0 Å². The summed E-state index contributed by atoms with van der Waals surface area (Å²) in [4.78, 5) is 0. The molecule has 150 valence electrons. The smallest absolute Gasteiger partial charge is 0.163 e. The molecule has 0 saturated carbocycles. The Morgan fingerprint density at radius 1 is 1.33 bits per heavy atom. The van der Waals surface area contributed by atoms with E-state index in [2.05, 4.69) is 0 Å². The average molecular weight is 397 g/mol. The van der Waals surface area contributed by atoms with Crippen molar-refractivity contribution < 1.29 is 28.5 Å². The number of hydrogen-bond acceptors (Lipinski definition) is 6. The minimum Gasteiger partial charge on any atom is -0.508 e. The molecule has 0 spiro atoms. The second-order valence-corrected chi connectivity index (χ2v) is 8.96. The summed E-state index contributed by atoms with van der Waals surface area (Å²) in [6.07, 6.45) is 2.82. The van der Waals surface area contributed by atoms with Crippen LogP contribution in [-0.2, 0) is 14.6 Å². The Hall–Kier alpha value is -1.67. The first kappa shape index (κ1) is 21.6. The number of sulfone groups is 1. The molecule has 1 heterocycles. The van der Waals surface area contributed by atoms with Crippen molar-refractivity contribution in [3.63, 3.8) is 0 Å². The van der Waals surface area contributed by atoms with Crippen molar-refractivity contribution in [3.8, 4) is 5.75 Å². The number of aliphatic hydroxyl groups is 2. The number of ether oxygens (including phenoxy) is 1. The third-order valence-electron chi connectivity index (χ3n) is 4.86. The predicted molar refractivity (Wildman–Crippen MR) is 105 cm³/mol. The molecule has 27 heavy (non-hydrogen) atoms. The Morgan fingerprint density at radius 2 is 2.00 bits per heavy atom. The zero-order chi connectivity index (χ0) is 20.0. The summed E-state index contributed by atoms with van der Waals surface area (Å²) < 4.78 is 29.6. The highest BCUT2D eigenvalue weighted by molar-refractivity contribution is 7.92. The first-order valence-electron chi connectivity index (χ1n) is 9.02. The van der Waals surface area contributed by atoms with Gasteiger partial charge in [-0.25, -0.2) is 8.42 Å². The number of benzene rings is 1. The molecule has 7 heteroatoms. The van der Waals surface area contributed by atoms with Gasteiger partial charge in [0, 0.05) is 7.11 Å². The fraction of sp³-hybridized carbons (Fsp3) is 0.500. The maximum Gasteiger partial charge on any atom is 0.163 e. The summed E-state index contributed by atoms with van der Waals surface area (Å²) in [6.45, 7) is 1.61. The van der Waals surface area contributed by atoms with Crippen LogP contribution in [0.1, 0.15) is 31.7 Å². The number of aromatic hydroxyl groups is 1. The van der Waals surface area contributed by atoms with E-state index < -0.39 is 27.8 Å². The molecule has 0 fully saturated rings. The van der Waals surface area contributed by atoms with Gasteiger partial charge in [0.25, 0.3) is 0 Å². The molecule has 1 aliphatic heterocycles. The monoisotopic (exact) mass is 396 g/mol. The van der Waals surface area contributed by atoms with Gasteiger partial charge in [0.15, 0.2) is 9.84 Å². The Balaban J connectivity index is 2.15. The second-order valence-electron chi connectivity index (χ2n) is 6.77. The van der Waals surface area contributed by atoms with Crippen LogP contribution in [-0.4, -0.2) is 61.2 Å². The minimum atomic E-state index is -3.50. The van der Waals surface area contributed by atoms with Gasteiger partial charge in [-0.2, -0.15) is 0 Å². The summed E-state index contributed by atoms with van der Waals surface area (Å²) in [7, 11) is -2.02. The van der Waals surface area contributed by atoms with Crippen molar-refractivity contribution in [1.29, 1.82) is 0 Å². The van der Waals surface area contributed by atoms with Crippen LogP contribution in [0.25, 0.3) is 6.08 Å². The summed E-state index contributed by atoms with van der Waals surface area (Å²) in [5.41, 5.74) is 2.99. The zero-order valence-electron chi connectivity index (χ0n) is 15.8. The predicted octanol–water partition coefficient (Wildman–Crippen LogP) is 2.06. The molecule has 0 radical (unpaired) electrons. The van der Waals surface area contributed by atoms with Crippen molar-refractivity contribution >= 4 is 15.9 Å². The molecule has 0 bridgehead atoms. The number of methoxy groups -OCH3 is 1. The van der Waals surface area contributed by atoms with Crippen LogP contribution in [0, 0.1) is 0 Å². The summed E-state index contributed by atoms with van der Waals surface area (Å²) >= 11 is 0. The van der Waals surface area contributed by atoms with Gasteiger partial charge in [-0.15, -0.1) is 0 Å². The molecular formula is C20H28O6S. The number of allylic oxidation sites excluding steroid dienone is 1. The van der Waals surface area contributed by atoms with E-state index in [1.54, 1.807) is 12.1 Å². The van der Waals surface area contributed by atoms with E-state index in [-0.39, 0.29) is 18.1 Å². The van der Waals surface area contributed by atoms with Gasteiger partial charge in [0.2, 0.25) is 0 Å². The van der Waals surface area contributed by atoms with Gasteiger partial charge in [-0.05, 0) is 48.1 Å². The first-order chi connectivity index (χ1) is 12.8. The van der Waals surface area contributed by atoms with E-state index in [1.165, 1.54) is 7.11 Å². The van der Waals surface area contributed by atoms with E-state index in [4.69, 9.17) is 4.74 Å². The number of rotatable bonds is 9. The Labute approximate surface area is 160 Å². The lowest BCUT2D eigenvalue weighted by Crippen LogP contribution is -2.29. The van der Waals surface area contributed by atoms with E-state index in [9.17, 15) is 23.7 Å². The average Bonchev–Trinajstić information content (AvgIpc) is 2.89. The van der Waals surface area contributed by atoms with Crippen molar-refractivity contribution in [2.24, 2.45) is 0 Å². The van der Waals surface area contributed by atoms with Crippen molar-refractivity contribution in [1.82, 2.24) is 0 Å². The quantitative estimate of drug-likeness (QED) is 0.552. The Morgan fingerprint density at radius 3 is 2.56 bits per heavy atom. The summed E-state index contributed by atoms with van der Waals surface area (Å²) in [5, 5.41) is 28.5. The molecule has 0 amide bonds. The van der Waals surface area contributed by atoms with Crippen LogP contribution in [0.4, 0.5) is 0 Å². The highest BCUT2D eigenvalue weighted by Crippen LogP contribution is 2.32. The topological polar surface area (TPSA) is 104 Å². The first-order valence-corrected chi connectivity index (χ1v) is 10.7. The van der Waals surface area contributed by atoms with E-state index >= 15 is 0 Å². The molecule has 0 aromatic heterocycles. The Kier molecular flexibility index (Phi) is 7.61. The zero-order valence-corrected chi connectivity index (χ0v) is 16.6. The third kappa shape index (κ3) is 5.42. The molecule has 1 aromatic rings. The van der Waals surface area contributed by atoms with Crippen LogP contribution in [0.2, 0.25) is 0 Å². The Bertz CT molecular complexity index is 792. The minimum absolute atomic E-state index is 0.131. The fourth-order valence-electron chi connectivity index (χ4n) is 3.44.